The molecule has 15 heavy (non-hydrogen) atoms. The molecule has 0 heterocycles. The molecule has 0 aliphatic carbocycles. The Balaban J connectivity index is 3.03. The molecule has 0 aliphatic heterocycles. The minimum atomic E-state index is 0.529. The summed E-state index contributed by atoms with van der Waals surface area (Å²) in [4.78, 5) is 6.11. The maximum atomic E-state index is 8.56. The van der Waals surface area contributed by atoms with E-state index in [1.807, 2.05) is 44.6 Å². The lowest BCUT2D eigenvalue weighted by Gasteiger charge is -2.13. The smallest absolute Gasteiger partial charge is 0.212 e. The van der Waals surface area contributed by atoms with Crippen LogP contribution >= 0.6 is 22.6 Å². The lowest BCUT2D eigenvalue weighted by Crippen LogP contribution is -2.33. The first-order valence-corrected chi connectivity index (χ1v) is 5.38. The number of aliphatic imine (C=N–C) groups is 1. The second-order valence-electron chi connectivity index (χ2n) is 3.02. The van der Waals surface area contributed by atoms with Crippen molar-refractivity contribution in [3.63, 3.8) is 0 Å². The van der Waals surface area contributed by atoms with Crippen LogP contribution in [0.1, 0.15) is 0 Å². The Bertz CT molecular complexity index is 406. The summed E-state index contributed by atoms with van der Waals surface area (Å²) in [5, 5.41) is 11.1. The van der Waals surface area contributed by atoms with Gasteiger partial charge < -0.3 is 4.90 Å². The Morgan fingerprint density at radius 3 is 2.67 bits per heavy atom. The molecule has 0 saturated heterocycles. The third-order valence-electron chi connectivity index (χ3n) is 1.67. The molecule has 0 aromatic heterocycles. The molecule has 1 N–H and O–H groups in total. The van der Waals surface area contributed by atoms with Crippen LogP contribution < -0.4 is 5.32 Å². The summed E-state index contributed by atoms with van der Waals surface area (Å²) in [7, 11) is 3.66. The molecule has 1 aromatic rings. The van der Waals surface area contributed by atoms with Crippen LogP contribution in [0.2, 0.25) is 0 Å². The van der Waals surface area contributed by atoms with E-state index in [4.69, 9.17) is 5.26 Å². The van der Waals surface area contributed by atoms with Gasteiger partial charge in [0, 0.05) is 17.7 Å². The summed E-state index contributed by atoms with van der Waals surface area (Å²) >= 11 is 2.21. The van der Waals surface area contributed by atoms with E-state index in [0.717, 1.165) is 9.26 Å². The van der Waals surface area contributed by atoms with Crippen LogP contribution in [0.15, 0.2) is 29.3 Å². The molecule has 0 bridgehead atoms. The van der Waals surface area contributed by atoms with Crippen LogP contribution in [-0.2, 0) is 0 Å². The lowest BCUT2D eigenvalue weighted by atomic mass is 10.3. The third-order valence-corrected chi connectivity index (χ3v) is 2.58. The van der Waals surface area contributed by atoms with E-state index in [1.54, 1.807) is 4.90 Å². The van der Waals surface area contributed by atoms with Gasteiger partial charge in [-0.3, -0.25) is 5.32 Å². The molecule has 78 valence electrons. The molecule has 5 heteroatoms. The summed E-state index contributed by atoms with van der Waals surface area (Å²) in [6.07, 6.45) is 1.86. The van der Waals surface area contributed by atoms with E-state index in [2.05, 4.69) is 32.9 Å². The molecular weight excluding hydrogens is 303 g/mol. The van der Waals surface area contributed by atoms with Crippen molar-refractivity contribution in [3.8, 4) is 6.19 Å². The van der Waals surface area contributed by atoms with E-state index < -0.39 is 0 Å². The van der Waals surface area contributed by atoms with E-state index in [-0.39, 0.29) is 0 Å². The van der Waals surface area contributed by atoms with Gasteiger partial charge in [-0.2, -0.15) is 5.26 Å². The van der Waals surface area contributed by atoms with Gasteiger partial charge in [0.15, 0.2) is 6.19 Å². The number of rotatable bonds is 1. The maximum Gasteiger partial charge on any atom is 0.212 e. The average molecular weight is 314 g/mol. The lowest BCUT2D eigenvalue weighted by molar-refractivity contribution is 0.603. The molecule has 0 amide bonds. The van der Waals surface area contributed by atoms with Gasteiger partial charge in [-0.15, -0.1) is 0 Å². The van der Waals surface area contributed by atoms with E-state index >= 15 is 0 Å². The number of nitrogens with one attached hydrogen (secondary N) is 1. The zero-order valence-corrected chi connectivity index (χ0v) is 10.7. The molecule has 0 radical (unpaired) electrons. The molecule has 1 rings (SSSR count). The van der Waals surface area contributed by atoms with Gasteiger partial charge in [0.1, 0.15) is 0 Å². The summed E-state index contributed by atoms with van der Waals surface area (Å²) in [6.45, 7) is 0. The van der Waals surface area contributed by atoms with Crippen molar-refractivity contribution in [1.82, 2.24) is 10.2 Å². The van der Waals surface area contributed by atoms with Crippen molar-refractivity contribution in [2.24, 2.45) is 4.99 Å². The van der Waals surface area contributed by atoms with Crippen LogP contribution in [0, 0.1) is 15.0 Å². The van der Waals surface area contributed by atoms with Crippen molar-refractivity contribution in [2.75, 3.05) is 14.1 Å². The highest BCUT2D eigenvalue weighted by atomic mass is 127. The minimum absolute atomic E-state index is 0.529. The van der Waals surface area contributed by atoms with Crippen molar-refractivity contribution in [1.29, 1.82) is 5.26 Å². The Morgan fingerprint density at radius 2 is 2.13 bits per heavy atom. The summed E-state index contributed by atoms with van der Waals surface area (Å²) in [5.41, 5.74) is 0.851. The SMILES string of the molecule is CN(C)C(=Nc1ccccc1I)NC#N. The normalized spacial score (nSPS) is 10.7. The highest BCUT2D eigenvalue weighted by Crippen LogP contribution is 2.20. The zero-order chi connectivity index (χ0) is 11.3. The van der Waals surface area contributed by atoms with Gasteiger partial charge in [0.05, 0.1) is 5.69 Å². The van der Waals surface area contributed by atoms with Crippen LogP contribution in [0.3, 0.4) is 0 Å². The Morgan fingerprint density at radius 1 is 1.47 bits per heavy atom. The molecule has 0 unspecified atom stereocenters. The fourth-order valence-electron chi connectivity index (χ4n) is 0.946. The molecular formula is C10H11IN4. The Kier molecular flexibility index (Phi) is 4.37. The first-order valence-electron chi connectivity index (χ1n) is 4.31. The van der Waals surface area contributed by atoms with Gasteiger partial charge in [0.2, 0.25) is 5.96 Å². The van der Waals surface area contributed by atoms with E-state index in [9.17, 15) is 0 Å². The molecule has 1 aromatic carbocycles. The summed E-state index contributed by atoms with van der Waals surface area (Å²) in [6, 6.07) is 7.75. The number of nitriles is 1. The molecule has 0 aliphatic rings. The quantitative estimate of drug-likeness (QED) is 0.283. The predicted octanol–water partition coefficient (Wildman–Crippen LogP) is 1.91. The standard InChI is InChI=1S/C10H11IN4/c1-15(2)10(13-7-12)14-9-6-4-3-5-8(9)11/h3-6H,1-2H3,(H,13,14). The van der Waals surface area contributed by atoms with Crippen LogP contribution in [0.5, 0.6) is 0 Å². The van der Waals surface area contributed by atoms with Crippen molar-refractivity contribution in [3.05, 3.63) is 27.8 Å². The molecule has 0 atom stereocenters. The minimum Gasteiger partial charge on any atom is -0.348 e. The number of guanidine groups is 1. The monoisotopic (exact) mass is 314 g/mol. The number of hydrogen-bond donors (Lipinski definition) is 1. The van der Waals surface area contributed by atoms with Gasteiger partial charge in [-0.1, -0.05) is 12.1 Å². The topological polar surface area (TPSA) is 51.4 Å². The first kappa shape index (κ1) is 11.8. The van der Waals surface area contributed by atoms with Crippen LogP contribution in [-0.4, -0.2) is 25.0 Å². The number of hydrogen-bond acceptors (Lipinski definition) is 2. The highest BCUT2D eigenvalue weighted by molar-refractivity contribution is 14.1. The Labute approximate surface area is 103 Å². The third kappa shape index (κ3) is 3.40. The number of benzene rings is 1. The fourth-order valence-corrected chi connectivity index (χ4v) is 1.45. The molecule has 0 spiro atoms. The molecule has 0 saturated carbocycles. The average Bonchev–Trinajstić information content (AvgIpc) is 2.20. The fraction of sp³-hybridized carbons (Fsp3) is 0.200. The second kappa shape index (κ2) is 5.56. The van der Waals surface area contributed by atoms with Gasteiger partial charge in [0.25, 0.3) is 0 Å². The van der Waals surface area contributed by atoms with Gasteiger partial charge >= 0.3 is 0 Å². The number of para-hydroxylation sites is 1. The van der Waals surface area contributed by atoms with Crippen LogP contribution in [0.25, 0.3) is 0 Å². The van der Waals surface area contributed by atoms with E-state index in [0.29, 0.717) is 5.96 Å². The second-order valence-corrected chi connectivity index (χ2v) is 4.18. The van der Waals surface area contributed by atoms with Crippen molar-refractivity contribution < 1.29 is 0 Å². The number of halogens is 1. The van der Waals surface area contributed by atoms with Crippen molar-refractivity contribution >= 4 is 34.2 Å². The van der Waals surface area contributed by atoms with Gasteiger partial charge in [-0.25, -0.2) is 4.99 Å². The summed E-state index contributed by atoms with van der Waals surface area (Å²) in [5.74, 6) is 0.529. The van der Waals surface area contributed by atoms with Gasteiger partial charge in [-0.05, 0) is 34.7 Å². The highest BCUT2D eigenvalue weighted by Gasteiger charge is 2.02. The predicted molar refractivity (Wildman–Crippen MR) is 68.7 cm³/mol. The van der Waals surface area contributed by atoms with Crippen molar-refractivity contribution in [2.45, 2.75) is 0 Å². The Hall–Kier alpha value is -1.29. The molecule has 4 nitrogen and oxygen atoms in total. The maximum absolute atomic E-state index is 8.56. The summed E-state index contributed by atoms with van der Waals surface area (Å²) < 4.78 is 1.05. The molecule has 0 fully saturated rings. The van der Waals surface area contributed by atoms with Crippen LogP contribution in [0.4, 0.5) is 5.69 Å². The zero-order valence-electron chi connectivity index (χ0n) is 8.53. The number of nitrogens with zero attached hydrogens (tertiary/aromatic N) is 3. The first-order chi connectivity index (χ1) is 7.15. The largest absolute Gasteiger partial charge is 0.348 e. The van der Waals surface area contributed by atoms with E-state index in [1.165, 1.54) is 0 Å².